The fraction of sp³-hybridized carbons (Fsp3) is 0.500. The van der Waals surface area contributed by atoms with Crippen molar-refractivity contribution in [2.75, 3.05) is 5.75 Å². The summed E-state index contributed by atoms with van der Waals surface area (Å²) in [4.78, 5) is 12.1. The van der Waals surface area contributed by atoms with Gasteiger partial charge in [-0.15, -0.1) is 11.8 Å². The molecule has 2 N–H and O–H groups in total. The molecule has 2 aliphatic rings. The topological polar surface area (TPSA) is 46.3 Å². The molecule has 0 saturated carbocycles. The van der Waals surface area contributed by atoms with Gasteiger partial charge in [0.25, 0.3) is 0 Å². The number of β-lactam (4-membered cyclic amide) rings is 1. The molecule has 0 aromatic heterocycles. The maximum Gasteiger partial charge on any atom is 0.233 e. The van der Waals surface area contributed by atoms with Gasteiger partial charge < -0.3 is 0 Å². The van der Waals surface area contributed by atoms with Crippen molar-refractivity contribution in [1.82, 2.24) is 4.90 Å². The molecule has 1 atom stereocenters. The lowest BCUT2D eigenvalue weighted by Gasteiger charge is -2.48. The summed E-state index contributed by atoms with van der Waals surface area (Å²) >= 11 is 1.62. The Hall–Kier alpha value is -0.480. The minimum absolute atomic E-state index is 0.131. The molecule has 0 radical (unpaired) electrons. The Morgan fingerprint density at radius 3 is 3.10 bits per heavy atom. The molecule has 54 valence electrons. The van der Waals surface area contributed by atoms with Crippen molar-refractivity contribution in [3.05, 3.63) is 12.3 Å². The number of thioether (sulfide) groups is 1. The van der Waals surface area contributed by atoms with Gasteiger partial charge in [-0.05, 0) is 0 Å². The van der Waals surface area contributed by atoms with Crippen molar-refractivity contribution in [2.24, 2.45) is 5.73 Å². The predicted octanol–water partition coefficient (Wildman–Crippen LogP) is 0.0917. The number of carbonyl (C=O) groups is 1. The second-order valence-corrected chi connectivity index (χ2v) is 3.81. The van der Waals surface area contributed by atoms with Crippen LogP contribution in [0.3, 0.4) is 0 Å². The van der Waals surface area contributed by atoms with Crippen LogP contribution in [-0.4, -0.2) is 21.6 Å². The summed E-state index contributed by atoms with van der Waals surface area (Å²) in [7, 11) is 0. The van der Waals surface area contributed by atoms with Crippen molar-refractivity contribution >= 4 is 17.7 Å². The highest BCUT2D eigenvalue weighted by Gasteiger charge is 2.48. The van der Waals surface area contributed by atoms with E-state index in [1.165, 1.54) is 0 Å². The van der Waals surface area contributed by atoms with E-state index in [4.69, 9.17) is 5.73 Å². The lowest BCUT2D eigenvalue weighted by atomic mass is 10.1. The smallest absolute Gasteiger partial charge is 0.233 e. The quantitative estimate of drug-likeness (QED) is 0.506. The van der Waals surface area contributed by atoms with E-state index in [9.17, 15) is 4.79 Å². The molecule has 0 aromatic carbocycles. The molecule has 2 aliphatic heterocycles. The van der Waals surface area contributed by atoms with Gasteiger partial charge in [-0.2, -0.15) is 0 Å². The molecule has 0 bridgehead atoms. The van der Waals surface area contributed by atoms with Gasteiger partial charge in [-0.1, -0.05) is 6.08 Å². The Morgan fingerprint density at radius 1 is 1.80 bits per heavy atom. The van der Waals surface area contributed by atoms with Gasteiger partial charge in [0.2, 0.25) is 5.91 Å². The molecular weight excluding hydrogens is 148 g/mol. The van der Waals surface area contributed by atoms with Gasteiger partial charge in [-0.3, -0.25) is 15.4 Å². The zero-order chi connectivity index (χ0) is 7.19. The van der Waals surface area contributed by atoms with E-state index in [-0.39, 0.29) is 5.91 Å². The normalized spacial score (nSPS) is 37.3. The summed E-state index contributed by atoms with van der Waals surface area (Å²) in [6.07, 6.45) is 4.22. The van der Waals surface area contributed by atoms with Gasteiger partial charge in [0.15, 0.2) is 4.99 Å². The molecule has 1 amide bonds. The monoisotopic (exact) mass is 156 g/mol. The molecule has 10 heavy (non-hydrogen) atoms. The van der Waals surface area contributed by atoms with Crippen LogP contribution in [-0.2, 0) is 4.79 Å². The fourth-order valence-corrected chi connectivity index (χ4v) is 2.18. The standard InChI is InChI=1S/C6H8N2OS/c7-6-4-5(9)8(6)2-1-3-10-6/h1-2H,3-4,7H2. The number of nitrogens with two attached hydrogens (primary N) is 1. The van der Waals surface area contributed by atoms with E-state index in [1.54, 1.807) is 22.9 Å². The van der Waals surface area contributed by atoms with Crippen LogP contribution >= 0.6 is 11.8 Å². The fourth-order valence-electron chi connectivity index (χ4n) is 1.18. The number of fused-ring (bicyclic) bond motifs is 1. The highest BCUT2D eigenvalue weighted by atomic mass is 32.2. The molecule has 1 unspecified atom stereocenters. The predicted molar refractivity (Wildman–Crippen MR) is 40.0 cm³/mol. The average Bonchev–Trinajstić information content (AvgIpc) is 1.86. The minimum atomic E-state index is -0.397. The van der Waals surface area contributed by atoms with Crippen LogP contribution in [0.4, 0.5) is 0 Å². The van der Waals surface area contributed by atoms with Crippen LogP contribution in [0.15, 0.2) is 12.3 Å². The molecule has 0 spiro atoms. The van der Waals surface area contributed by atoms with Gasteiger partial charge >= 0.3 is 0 Å². The summed E-state index contributed by atoms with van der Waals surface area (Å²) in [5, 5.41) is 0. The summed E-state index contributed by atoms with van der Waals surface area (Å²) in [6, 6.07) is 0. The second kappa shape index (κ2) is 1.77. The number of rotatable bonds is 0. The number of nitrogens with zero attached hydrogens (tertiary/aromatic N) is 1. The zero-order valence-corrected chi connectivity index (χ0v) is 6.23. The van der Waals surface area contributed by atoms with E-state index in [0.29, 0.717) is 6.42 Å². The van der Waals surface area contributed by atoms with E-state index in [2.05, 4.69) is 0 Å². The summed E-state index contributed by atoms with van der Waals surface area (Å²) in [5.41, 5.74) is 5.82. The molecule has 2 heterocycles. The number of hydrogen-bond acceptors (Lipinski definition) is 3. The number of hydrogen-bond donors (Lipinski definition) is 1. The van der Waals surface area contributed by atoms with Gasteiger partial charge in [0.1, 0.15) is 0 Å². The molecule has 0 aromatic rings. The third-order valence-corrected chi connectivity index (χ3v) is 2.97. The second-order valence-electron chi connectivity index (χ2n) is 2.48. The van der Waals surface area contributed by atoms with Crippen LogP contribution in [0.25, 0.3) is 0 Å². The maximum atomic E-state index is 10.9. The highest BCUT2D eigenvalue weighted by molar-refractivity contribution is 8.00. The molecule has 2 rings (SSSR count). The first-order valence-electron chi connectivity index (χ1n) is 3.14. The SMILES string of the molecule is NC12CC(=O)N1C=CCS2. The number of amides is 1. The lowest BCUT2D eigenvalue weighted by Crippen LogP contribution is -2.65. The molecule has 1 saturated heterocycles. The Balaban J connectivity index is 2.26. The molecular formula is C6H8N2OS. The first-order chi connectivity index (χ1) is 4.72. The van der Waals surface area contributed by atoms with Gasteiger partial charge in [-0.25, -0.2) is 0 Å². The van der Waals surface area contributed by atoms with Crippen LogP contribution in [0, 0.1) is 0 Å². The molecule has 0 aliphatic carbocycles. The van der Waals surface area contributed by atoms with Crippen molar-refractivity contribution in [2.45, 2.75) is 11.4 Å². The van der Waals surface area contributed by atoms with Crippen molar-refractivity contribution < 1.29 is 4.79 Å². The Kier molecular flexibility index (Phi) is 1.10. The molecule has 4 heteroatoms. The van der Waals surface area contributed by atoms with Crippen LogP contribution in [0.1, 0.15) is 6.42 Å². The Bertz CT molecular complexity index is 216. The van der Waals surface area contributed by atoms with Gasteiger partial charge in [0.05, 0.1) is 6.42 Å². The third-order valence-electron chi connectivity index (χ3n) is 1.76. The van der Waals surface area contributed by atoms with Crippen molar-refractivity contribution in [3.63, 3.8) is 0 Å². The Labute approximate surface area is 63.2 Å². The summed E-state index contributed by atoms with van der Waals surface area (Å²) in [6.45, 7) is 0. The van der Waals surface area contributed by atoms with E-state index in [1.807, 2.05) is 6.08 Å². The first kappa shape index (κ1) is 6.24. The summed E-state index contributed by atoms with van der Waals surface area (Å²) in [5.74, 6) is 1.05. The lowest BCUT2D eigenvalue weighted by molar-refractivity contribution is -0.143. The Morgan fingerprint density at radius 2 is 2.60 bits per heavy atom. The van der Waals surface area contributed by atoms with E-state index >= 15 is 0 Å². The van der Waals surface area contributed by atoms with Gasteiger partial charge in [0, 0.05) is 12.0 Å². The highest BCUT2D eigenvalue weighted by Crippen LogP contribution is 2.39. The largest absolute Gasteiger partial charge is 0.299 e. The maximum absolute atomic E-state index is 10.9. The summed E-state index contributed by atoms with van der Waals surface area (Å²) < 4.78 is 0. The van der Waals surface area contributed by atoms with Crippen LogP contribution < -0.4 is 5.73 Å². The van der Waals surface area contributed by atoms with E-state index in [0.717, 1.165) is 5.75 Å². The third kappa shape index (κ3) is 0.630. The van der Waals surface area contributed by atoms with E-state index < -0.39 is 4.99 Å². The molecule has 3 nitrogen and oxygen atoms in total. The van der Waals surface area contributed by atoms with Crippen molar-refractivity contribution in [1.29, 1.82) is 0 Å². The number of carbonyl (C=O) groups excluding carboxylic acids is 1. The first-order valence-corrected chi connectivity index (χ1v) is 4.13. The van der Waals surface area contributed by atoms with Crippen LogP contribution in [0.2, 0.25) is 0 Å². The zero-order valence-electron chi connectivity index (χ0n) is 5.41. The van der Waals surface area contributed by atoms with Crippen LogP contribution in [0.5, 0.6) is 0 Å². The average molecular weight is 156 g/mol. The molecule has 1 fully saturated rings. The van der Waals surface area contributed by atoms with Crippen molar-refractivity contribution in [3.8, 4) is 0 Å². The minimum Gasteiger partial charge on any atom is -0.299 e.